The second-order valence-electron chi connectivity index (χ2n) is 5.86. The summed E-state index contributed by atoms with van der Waals surface area (Å²) in [6.07, 6.45) is 5.52. The summed E-state index contributed by atoms with van der Waals surface area (Å²) in [4.78, 5) is 12.0. The van der Waals surface area contributed by atoms with Gasteiger partial charge in [0.15, 0.2) is 0 Å². The van der Waals surface area contributed by atoms with Crippen LogP contribution in [0.4, 0.5) is 4.39 Å². The van der Waals surface area contributed by atoms with E-state index in [9.17, 15) is 9.18 Å². The van der Waals surface area contributed by atoms with Crippen LogP contribution in [0.5, 0.6) is 5.75 Å². The Bertz CT molecular complexity index is 481. The third kappa shape index (κ3) is 5.30. The molecule has 122 valence electrons. The van der Waals surface area contributed by atoms with Crippen LogP contribution in [0, 0.1) is 11.7 Å². The molecular weight excluding hydrogens is 283 g/mol. The molecule has 2 unspecified atom stereocenters. The highest BCUT2D eigenvalue weighted by Gasteiger charge is 2.24. The van der Waals surface area contributed by atoms with E-state index in [1.54, 1.807) is 12.1 Å². The van der Waals surface area contributed by atoms with Gasteiger partial charge in [-0.25, -0.2) is 4.39 Å². The first-order chi connectivity index (χ1) is 10.7. The number of nitrogens with two attached hydrogens (primary N) is 1. The fourth-order valence-electron chi connectivity index (χ4n) is 2.94. The number of halogens is 1. The molecule has 0 radical (unpaired) electrons. The van der Waals surface area contributed by atoms with Crippen LogP contribution in [-0.2, 0) is 4.79 Å². The molecule has 3 N–H and O–H groups in total. The van der Waals surface area contributed by atoms with Crippen molar-refractivity contribution >= 4 is 5.91 Å². The SMILES string of the molecule is NCC1CCCCC1NC(=O)CCCOc1cccc(F)c1. The molecule has 0 heterocycles. The molecule has 22 heavy (non-hydrogen) atoms. The van der Waals surface area contributed by atoms with Gasteiger partial charge in [0.1, 0.15) is 11.6 Å². The highest BCUT2D eigenvalue weighted by Crippen LogP contribution is 2.23. The number of hydrogen-bond acceptors (Lipinski definition) is 3. The van der Waals surface area contributed by atoms with Gasteiger partial charge in [-0.3, -0.25) is 4.79 Å². The Labute approximate surface area is 131 Å². The van der Waals surface area contributed by atoms with Gasteiger partial charge in [0.25, 0.3) is 0 Å². The Morgan fingerprint density at radius 3 is 2.95 bits per heavy atom. The lowest BCUT2D eigenvalue weighted by atomic mass is 9.84. The predicted octanol–water partition coefficient (Wildman–Crippen LogP) is 2.62. The summed E-state index contributed by atoms with van der Waals surface area (Å²) in [5.74, 6) is 0.630. The summed E-state index contributed by atoms with van der Waals surface area (Å²) in [6, 6.07) is 6.24. The van der Waals surface area contributed by atoms with Crippen LogP contribution in [-0.4, -0.2) is 25.1 Å². The van der Waals surface area contributed by atoms with Crippen molar-refractivity contribution in [2.45, 2.75) is 44.6 Å². The third-order valence-corrected chi connectivity index (χ3v) is 4.17. The molecule has 4 nitrogen and oxygen atoms in total. The van der Waals surface area contributed by atoms with Gasteiger partial charge in [0, 0.05) is 18.5 Å². The highest BCUT2D eigenvalue weighted by molar-refractivity contribution is 5.76. The molecule has 1 fully saturated rings. The minimum atomic E-state index is -0.319. The molecule has 0 aromatic heterocycles. The topological polar surface area (TPSA) is 64.3 Å². The maximum Gasteiger partial charge on any atom is 0.220 e. The average molecular weight is 308 g/mol. The molecular formula is C17H25FN2O2. The van der Waals surface area contributed by atoms with Gasteiger partial charge in [-0.2, -0.15) is 0 Å². The molecule has 0 spiro atoms. The quantitative estimate of drug-likeness (QED) is 0.761. The maximum atomic E-state index is 13.0. The largest absolute Gasteiger partial charge is 0.493 e. The minimum Gasteiger partial charge on any atom is -0.493 e. The summed E-state index contributed by atoms with van der Waals surface area (Å²) in [5.41, 5.74) is 5.77. The van der Waals surface area contributed by atoms with Gasteiger partial charge in [0.2, 0.25) is 5.91 Å². The second kappa shape index (κ2) is 8.73. The van der Waals surface area contributed by atoms with Crippen molar-refractivity contribution in [2.24, 2.45) is 11.7 Å². The second-order valence-corrected chi connectivity index (χ2v) is 5.86. The van der Waals surface area contributed by atoms with E-state index in [-0.39, 0.29) is 17.8 Å². The van der Waals surface area contributed by atoms with Crippen LogP contribution in [0.15, 0.2) is 24.3 Å². The van der Waals surface area contributed by atoms with Gasteiger partial charge >= 0.3 is 0 Å². The number of carbonyl (C=O) groups is 1. The number of benzene rings is 1. The first-order valence-corrected chi connectivity index (χ1v) is 8.07. The van der Waals surface area contributed by atoms with E-state index < -0.39 is 0 Å². The standard InChI is InChI=1S/C17H25FN2O2/c18-14-6-3-7-15(11-14)22-10-4-9-17(21)20-16-8-2-1-5-13(16)12-19/h3,6-7,11,13,16H,1-2,4-5,8-10,12,19H2,(H,20,21). The summed E-state index contributed by atoms with van der Waals surface area (Å²) in [7, 11) is 0. The molecule has 1 aromatic carbocycles. The van der Waals surface area contributed by atoms with E-state index in [0.717, 1.165) is 19.3 Å². The van der Waals surface area contributed by atoms with E-state index in [1.165, 1.54) is 18.6 Å². The van der Waals surface area contributed by atoms with Crippen LogP contribution in [0.2, 0.25) is 0 Å². The Morgan fingerprint density at radius 2 is 2.18 bits per heavy atom. The van der Waals surface area contributed by atoms with Crippen LogP contribution >= 0.6 is 0 Å². The fraction of sp³-hybridized carbons (Fsp3) is 0.588. The van der Waals surface area contributed by atoms with E-state index in [4.69, 9.17) is 10.5 Å². The van der Waals surface area contributed by atoms with Crippen molar-refractivity contribution in [3.05, 3.63) is 30.1 Å². The number of nitrogens with one attached hydrogen (secondary N) is 1. The first-order valence-electron chi connectivity index (χ1n) is 8.07. The molecule has 1 aliphatic carbocycles. The van der Waals surface area contributed by atoms with Crippen LogP contribution in [0.25, 0.3) is 0 Å². The molecule has 2 rings (SSSR count). The van der Waals surface area contributed by atoms with Gasteiger partial charge in [-0.15, -0.1) is 0 Å². The summed E-state index contributed by atoms with van der Waals surface area (Å²) < 4.78 is 18.4. The minimum absolute atomic E-state index is 0.0493. The Kier molecular flexibility index (Phi) is 6.65. The van der Waals surface area contributed by atoms with Crippen molar-refractivity contribution in [2.75, 3.05) is 13.2 Å². The smallest absolute Gasteiger partial charge is 0.220 e. The maximum absolute atomic E-state index is 13.0. The van der Waals surface area contributed by atoms with E-state index in [1.807, 2.05) is 0 Å². The van der Waals surface area contributed by atoms with Crippen molar-refractivity contribution < 1.29 is 13.9 Å². The van der Waals surface area contributed by atoms with E-state index in [2.05, 4.69) is 5.32 Å². The van der Waals surface area contributed by atoms with Gasteiger partial charge < -0.3 is 15.8 Å². The number of amides is 1. The van der Waals surface area contributed by atoms with Gasteiger partial charge in [-0.1, -0.05) is 18.9 Å². The van der Waals surface area contributed by atoms with Gasteiger partial charge in [-0.05, 0) is 43.9 Å². The normalized spacial score (nSPS) is 21.4. The van der Waals surface area contributed by atoms with Crippen LogP contribution < -0.4 is 15.8 Å². The van der Waals surface area contributed by atoms with Crippen molar-refractivity contribution in [3.63, 3.8) is 0 Å². The third-order valence-electron chi connectivity index (χ3n) is 4.17. The Hall–Kier alpha value is -1.62. The first kappa shape index (κ1) is 16.7. The Balaban J connectivity index is 1.65. The lowest BCUT2D eigenvalue weighted by Gasteiger charge is -2.31. The zero-order valence-electron chi connectivity index (χ0n) is 12.9. The zero-order chi connectivity index (χ0) is 15.8. The Morgan fingerprint density at radius 1 is 1.36 bits per heavy atom. The summed E-state index contributed by atoms with van der Waals surface area (Å²) in [6.45, 7) is 1.04. The number of ether oxygens (including phenoxy) is 1. The predicted molar refractivity (Wildman–Crippen MR) is 84.1 cm³/mol. The number of carbonyl (C=O) groups excluding carboxylic acids is 1. The fourth-order valence-corrected chi connectivity index (χ4v) is 2.94. The van der Waals surface area contributed by atoms with Crippen molar-refractivity contribution in [1.29, 1.82) is 0 Å². The molecule has 0 aliphatic heterocycles. The number of hydrogen-bond donors (Lipinski definition) is 2. The monoisotopic (exact) mass is 308 g/mol. The average Bonchev–Trinajstić information content (AvgIpc) is 2.52. The van der Waals surface area contributed by atoms with Crippen molar-refractivity contribution in [3.8, 4) is 5.75 Å². The molecule has 0 bridgehead atoms. The summed E-state index contributed by atoms with van der Waals surface area (Å²) in [5, 5.41) is 3.09. The number of rotatable bonds is 7. The molecule has 1 aromatic rings. The van der Waals surface area contributed by atoms with E-state index in [0.29, 0.717) is 37.7 Å². The molecule has 1 saturated carbocycles. The molecule has 0 saturated heterocycles. The van der Waals surface area contributed by atoms with Crippen molar-refractivity contribution in [1.82, 2.24) is 5.32 Å². The molecule has 1 aliphatic rings. The van der Waals surface area contributed by atoms with E-state index >= 15 is 0 Å². The lowest BCUT2D eigenvalue weighted by molar-refractivity contribution is -0.122. The van der Waals surface area contributed by atoms with Crippen LogP contribution in [0.1, 0.15) is 38.5 Å². The molecule has 1 amide bonds. The highest BCUT2D eigenvalue weighted by atomic mass is 19.1. The summed E-state index contributed by atoms with van der Waals surface area (Å²) >= 11 is 0. The van der Waals surface area contributed by atoms with Gasteiger partial charge in [0.05, 0.1) is 6.61 Å². The molecule has 2 atom stereocenters. The zero-order valence-corrected chi connectivity index (χ0v) is 12.9. The lowest BCUT2D eigenvalue weighted by Crippen LogP contribution is -2.44. The van der Waals surface area contributed by atoms with Crippen LogP contribution in [0.3, 0.4) is 0 Å². The molecule has 5 heteroatoms.